The van der Waals surface area contributed by atoms with Gasteiger partial charge < -0.3 is 5.11 Å². The van der Waals surface area contributed by atoms with Crippen molar-refractivity contribution in [1.82, 2.24) is 4.90 Å². The molecule has 3 heteroatoms. The van der Waals surface area contributed by atoms with Crippen LogP contribution in [0.1, 0.15) is 6.92 Å². The highest BCUT2D eigenvalue weighted by atomic mass is 16.4. The molecule has 1 aliphatic heterocycles. The molecule has 0 saturated carbocycles. The Morgan fingerprint density at radius 2 is 2.27 bits per heavy atom. The summed E-state index contributed by atoms with van der Waals surface area (Å²) in [7, 11) is 0. The molecular formula is C8H9NO2. The molecule has 3 nitrogen and oxygen atoms in total. The van der Waals surface area contributed by atoms with Crippen molar-refractivity contribution in [2.75, 3.05) is 0 Å². The van der Waals surface area contributed by atoms with Gasteiger partial charge in [0.25, 0.3) is 0 Å². The zero-order valence-corrected chi connectivity index (χ0v) is 6.19. The Labute approximate surface area is 64.9 Å². The van der Waals surface area contributed by atoms with E-state index in [0.717, 1.165) is 10.5 Å². The van der Waals surface area contributed by atoms with Gasteiger partial charge in [0.05, 0.1) is 0 Å². The van der Waals surface area contributed by atoms with E-state index in [9.17, 15) is 4.79 Å². The lowest BCUT2D eigenvalue weighted by molar-refractivity contribution is 0.175. The van der Waals surface area contributed by atoms with Gasteiger partial charge in [-0.1, -0.05) is 12.2 Å². The summed E-state index contributed by atoms with van der Waals surface area (Å²) in [5.74, 6) is 0. The minimum atomic E-state index is -0.968. The van der Waals surface area contributed by atoms with Crippen LogP contribution in [-0.2, 0) is 0 Å². The van der Waals surface area contributed by atoms with Crippen molar-refractivity contribution < 1.29 is 9.90 Å². The van der Waals surface area contributed by atoms with Gasteiger partial charge in [0.1, 0.15) is 0 Å². The fourth-order valence-corrected chi connectivity index (χ4v) is 0.774. The molecule has 1 N–H and O–H groups in total. The van der Waals surface area contributed by atoms with E-state index in [1.807, 2.05) is 13.0 Å². The summed E-state index contributed by atoms with van der Waals surface area (Å²) < 4.78 is 0. The van der Waals surface area contributed by atoms with Crippen molar-refractivity contribution in [3.05, 3.63) is 36.2 Å². The van der Waals surface area contributed by atoms with Crippen LogP contribution in [-0.4, -0.2) is 16.1 Å². The zero-order valence-electron chi connectivity index (χ0n) is 6.19. The molecule has 0 aromatic heterocycles. The molecule has 0 aliphatic carbocycles. The van der Waals surface area contributed by atoms with Crippen molar-refractivity contribution in [3.8, 4) is 0 Å². The van der Waals surface area contributed by atoms with Crippen LogP contribution in [0.2, 0.25) is 0 Å². The van der Waals surface area contributed by atoms with Crippen LogP contribution in [0.3, 0.4) is 0 Å². The minimum absolute atomic E-state index is 0.914. The number of amides is 1. The molecule has 58 valence electrons. The number of rotatable bonds is 0. The second-order valence-corrected chi connectivity index (χ2v) is 2.26. The summed E-state index contributed by atoms with van der Waals surface area (Å²) in [5, 5.41) is 8.58. The van der Waals surface area contributed by atoms with Crippen molar-refractivity contribution >= 4 is 6.09 Å². The third-order valence-corrected chi connectivity index (χ3v) is 1.28. The summed E-state index contributed by atoms with van der Waals surface area (Å²) in [6, 6.07) is 0. The Balaban J connectivity index is 2.85. The highest BCUT2D eigenvalue weighted by Crippen LogP contribution is 2.04. The van der Waals surface area contributed by atoms with Crippen molar-refractivity contribution in [3.63, 3.8) is 0 Å². The largest absolute Gasteiger partial charge is 0.464 e. The summed E-state index contributed by atoms with van der Waals surface area (Å²) in [6.07, 6.45) is 7.41. The normalized spacial score (nSPS) is 16.1. The summed E-state index contributed by atoms with van der Waals surface area (Å²) >= 11 is 0. The molecule has 0 fully saturated rings. The molecule has 0 bridgehead atoms. The van der Waals surface area contributed by atoms with Gasteiger partial charge in [0.2, 0.25) is 0 Å². The standard InChI is InChI=1S/C8H9NO2/c1-7-4-2-3-5-9(6-7)8(10)11/h2-6H,1H3,(H,10,11). The number of nitrogens with zero attached hydrogens (tertiary/aromatic N) is 1. The van der Waals surface area contributed by atoms with E-state index >= 15 is 0 Å². The highest BCUT2D eigenvalue weighted by molar-refractivity contribution is 5.68. The van der Waals surface area contributed by atoms with E-state index in [-0.39, 0.29) is 0 Å². The molecule has 11 heavy (non-hydrogen) atoms. The number of carboxylic acid groups (broad SMARTS) is 1. The SMILES string of the molecule is CC1=CN(C(=O)O)C=CC=C1. The Kier molecular flexibility index (Phi) is 2.11. The molecule has 0 atom stereocenters. The van der Waals surface area contributed by atoms with Gasteiger partial charge in [-0.25, -0.2) is 4.79 Å². The maximum atomic E-state index is 10.5. The Hall–Kier alpha value is -1.51. The first-order valence-electron chi connectivity index (χ1n) is 3.25. The van der Waals surface area contributed by atoms with E-state index < -0.39 is 6.09 Å². The first-order valence-corrected chi connectivity index (χ1v) is 3.25. The quantitative estimate of drug-likeness (QED) is 0.574. The average Bonchev–Trinajstić information content (AvgIpc) is 2.13. The van der Waals surface area contributed by atoms with Crippen molar-refractivity contribution in [2.45, 2.75) is 6.92 Å². The predicted molar refractivity (Wildman–Crippen MR) is 41.9 cm³/mol. The molecule has 0 radical (unpaired) electrons. The van der Waals surface area contributed by atoms with Crippen molar-refractivity contribution in [2.24, 2.45) is 0 Å². The topological polar surface area (TPSA) is 40.5 Å². The fourth-order valence-electron chi connectivity index (χ4n) is 0.774. The monoisotopic (exact) mass is 151 g/mol. The summed E-state index contributed by atoms with van der Waals surface area (Å²) in [5.41, 5.74) is 0.914. The first-order chi connectivity index (χ1) is 5.20. The van der Waals surface area contributed by atoms with E-state index in [1.165, 1.54) is 6.20 Å². The van der Waals surface area contributed by atoms with E-state index in [1.54, 1.807) is 18.4 Å². The Morgan fingerprint density at radius 3 is 2.91 bits per heavy atom. The van der Waals surface area contributed by atoms with Crippen molar-refractivity contribution in [1.29, 1.82) is 0 Å². The van der Waals surface area contributed by atoms with Crippen LogP contribution in [0.4, 0.5) is 4.79 Å². The third-order valence-electron chi connectivity index (χ3n) is 1.28. The lowest BCUT2D eigenvalue weighted by atomic mass is 10.3. The van der Waals surface area contributed by atoms with Gasteiger partial charge in [-0.15, -0.1) is 0 Å². The van der Waals surface area contributed by atoms with Gasteiger partial charge in [-0.2, -0.15) is 0 Å². The van der Waals surface area contributed by atoms with Crippen LogP contribution in [0, 0.1) is 0 Å². The summed E-state index contributed by atoms with van der Waals surface area (Å²) in [4.78, 5) is 11.6. The smallest absolute Gasteiger partial charge is 0.415 e. The van der Waals surface area contributed by atoms with Gasteiger partial charge in [-0.3, -0.25) is 4.90 Å². The van der Waals surface area contributed by atoms with Crippen LogP contribution >= 0.6 is 0 Å². The zero-order chi connectivity index (χ0) is 8.27. The molecule has 1 rings (SSSR count). The summed E-state index contributed by atoms with van der Waals surface area (Å²) in [6.45, 7) is 1.85. The highest BCUT2D eigenvalue weighted by Gasteiger charge is 2.04. The molecule has 0 unspecified atom stereocenters. The van der Waals surface area contributed by atoms with Gasteiger partial charge in [0, 0.05) is 12.4 Å². The molecule has 0 aromatic rings. The Morgan fingerprint density at radius 1 is 1.55 bits per heavy atom. The molecule has 0 saturated heterocycles. The third kappa shape index (κ3) is 1.97. The average molecular weight is 151 g/mol. The second kappa shape index (κ2) is 3.05. The second-order valence-electron chi connectivity index (χ2n) is 2.26. The van der Waals surface area contributed by atoms with Crippen LogP contribution < -0.4 is 0 Å². The maximum absolute atomic E-state index is 10.5. The van der Waals surface area contributed by atoms with Gasteiger partial charge in [-0.05, 0) is 18.6 Å². The van der Waals surface area contributed by atoms with E-state index in [0.29, 0.717) is 0 Å². The molecular weight excluding hydrogens is 142 g/mol. The van der Waals surface area contributed by atoms with Crippen LogP contribution in [0.5, 0.6) is 0 Å². The van der Waals surface area contributed by atoms with E-state index in [4.69, 9.17) is 5.11 Å². The lowest BCUT2D eigenvalue weighted by Gasteiger charge is -2.06. The predicted octanol–water partition coefficient (Wildman–Crippen LogP) is 1.95. The fraction of sp³-hybridized carbons (Fsp3) is 0.125. The molecule has 0 aromatic carbocycles. The Bertz CT molecular complexity index is 251. The minimum Gasteiger partial charge on any atom is -0.464 e. The van der Waals surface area contributed by atoms with Gasteiger partial charge >= 0.3 is 6.09 Å². The van der Waals surface area contributed by atoms with Crippen LogP contribution in [0.15, 0.2) is 36.2 Å². The van der Waals surface area contributed by atoms with Gasteiger partial charge in [0.15, 0.2) is 0 Å². The number of carbonyl (C=O) groups is 1. The maximum Gasteiger partial charge on any atom is 0.415 e. The molecule has 1 heterocycles. The number of allylic oxidation sites excluding steroid dienone is 4. The first kappa shape index (κ1) is 7.60. The molecule has 0 spiro atoms. The number of hydrogen-bond acceptors (Lipinski definition) is 1. The van der Waals surface area contributed by atoms with E-state index in [2.05, 4.69) is 0 Å². The lowest BCUT2D eigenvalue weighted by Crippen LogP contribution is -2.16. The number of hydrogen-bond donors (Lipinski definition) is 1. The molecule has 1 amide bonds. The van der Waals surface area contributed by atoms with Crippen LogP contribution in [0.25, 0.3) is 0 Å². The molecule has 1 aliphatic rings.